The molecule has 0 unspecified atom stereocenters. The molecule has 0 atom stereocenters. The number of nitrogens with zero attached hydrogens (tertiary/aromatic N) is 2. The zero-order valence-corrected chi connectivity index (χ0v) is 11.4. The molecular weight excluding hydrogens is 268 g/mol. The Morgan fingerprint density at radius 1 is 1.19 bits per heavy atom. The first-order valence-electron chi connectivity index (χ1n) is 6.37. The number of anilines is 1. The summed E-state index contributed by atoms with van der Waals surface area (Å²) in [5.41, 5.74) is 1.63. The predicted molar refractivity (Wildman–Crippen MR) is 76.5 cm³/mol. The fraction of sp³-hybridized carbons (Fsp3) is 0.125. The normalized spacial score (nSPS) is 11.8. The molecule has 0 saturated carbocycles. The Bertz CT molecular complexity index is 749. The molecule has 104 valence electrons. The van der Waals surface area contributed by atoms with Crippen LogP contribution in [0.5, 0.6) is 11.5 Å². The Balaban J connectivity index is 1.89. The molecule has 2 aromatic carbocycles. The third-order valence-corrected chi connectivity index (χ3v) is 3.29. The summed E-state index contributed by atoms with van der Waals surface area (Å²) in [6.45, 7) is 0.195. The van der Waals surface area contributed by atoms with Gasteiger partial charge in [-0.3, -0.25) is 4.79 Å². The van der Waals surface area contributed by atoms with Crippen molar-refractivity contribution >= 4 is 11.6 Å². The van der Waals surface area contributed by atoms with Crippen LogP contribution < -0.4 is 14.4 Å². The van der Waals surface area contributed by atoms with E-state index in [1.54, 1.807) is 49.5 Å². The predicted octanol–water partition coefficient (Wildman–Crippen LogP) is 2.56. The monoisotopic (exact) mass is 280 g/mol. The van der Waals surface area contributed by atoms with Crippen molar-refractivity contribution in [3.05, 3.63) is 53.6 Å². The zero-order chi connectivity index (χ0) is 14.8. The van der Waals surface area contributed by atoms with Crippen molar-refractivity contribution in [1.82, 2.24) is 0 Å². The van der Waals surface area contributed by atoms with Gasteiger partial charge in [0.2, 0.25) is 6.79 Å². The molecule has 1 heterocycles. The number of rotatable bonds is 2. The SMILES string of the molecule is CN(C(=O)c1cccc(C#N)c1)c1ccc2c(c1)OCO2. The van der Waals surface area contributed by atoms with Crippen LogP contribution in [0, 0.1) is 11.3 Å². The Morgan fingerprint density at radius 2 is 2.00 bits per heavy atom. The van der Waals surface area contributed by atoms with E-state index in [2.05, 4.69) is 0 Å². The van der Waals surface area contributed by atoms with Crippen molar-refractivity contribution < 1.29 is 14.3 Å². The molecule has 21 heavy (non-hydrogen) atoms. The lowest BCUT2D eigenvalue weighted by molar-refractivity contribution is 0.0993. The quantitative estimate of drug-likeness (QED) is 0.848. The fourth-order valence-corrected chi connectivity index (χ4v) is 2.13. The van der Waals surface area contributed by atoms with Crippen molar-refractivity contribution in [3.63, 3.8) is 0 Å². The molecule has 5 heteroatoms. The van der Waals surface area contributed by atoms with Crippen LogP contribution in [0.4, 0.5) is 5.69 Å². The highest BCUT2D eigenvalue weighted by atomic mass is 16.7. The van der Waals surface area contributed by atoms with E-state index in [9.17, 15) is 4.79 Å². The highest BCUT2D eigenvalue weighted by Crippen LogP contribution is 2.35. The molecule has 1 aliphatic rings. The van der Waals surface area contributed by atoms with E-state index in [-0.39, 0.29) is 12.7 Å². The Morgan fingerprint density at radius 3 is 2.81 bits per heavy atom. The lowest BCUT2D eigenvalue weighted by atomic mass is 10.1. The second-order valence-corrected chi connectivity index (χ2v) is 4.59. The zero-order valence-electron chi connectivity index (χ0n) is 11.4. The van der Waals surface area contributed by atoms with E-state index in [1.807, 2.05) is 6.07 Å². The molecular formula is C16H12N2O3. The molecule has 0 saturated heterocycles. The van der Waals surface area contributed by atoms with Gasteiger partial charge in [0.25, 0.3) is 5.91 Å². The highest BCUT2D eigenvalue weighted by molar-refractivity contribution is 6.06. The van der Waals surface area contributed by atoms with Gasteiger partial charge in [0.1, 0.15) is 0 Å². The van der Waals surface area contributed by atoms with E-state index in [0.717, 1.165) is 0 Å². The minimum absolute atomic E-state index is 0.189. The van der Waals surface area contributed by atoms with Crippen molar-refractivity contribution in [3.8, 4) is 17.6 Å². The van der Waals surface area contributed by atoms with Gasteiger partial charge < -0.3 is 14.4 Å². The number of amides is 1. The van der Waals surface area contributed by atoms with Gasteiger partial charge in [0.05, 0.1) is 11.6 Å². The maximum Gasteiger partial charge on any atom is 0.258 e. The second kappa shape index (κ2) is 5.17. The van der Waals surface area contributed by atoms with E-state index >= 15 is 0 Å². The first kappa shape index (κ1) is 13.0. The van der Waals surface area contributed by atoms with Crippen molar-refractivity contribution in [2.24, 2.45) is 0 Å². The van der Waals surface area contributed by atoms with Crippen molar-refractivity contribution in [2.75, 3.05) is 18.7 Å². The minimum Gasteiger partial charge on any atom is -0.454 e. The first-order chi connectivity index (χ1) is 10.2. The van der Waals surface area contributed by atoms with E-state index < -0.39 is 0 Å². The molecule has 0 aliphatic carbocycles. The summed E-state index contributed by atoms with van der Waals surface area (Å²) in [5.74, 6) is 1.11. The van der Waals surface area contributed by atoms with Gasteiger partial charge in [-0.2, -0.15) is 5.26 Å². The smallest absolute Gasteiger partial charge is 0.258 e. The van der Waals surface area contributed by atoms with Crippen LogP contribution in [0.3, 0.4) is 0 Å². The lowest BCUT2D eigenvalue weighted by Crippen LogP contribution is -2.26. The topological polar surface area (TPSA) is 62.6 Å². The molecule has 0 radical (unpaired) electrons. The first-order valence-corrected chi connectivity index (χ1v) is 6.37. The van der Waals surface area contributed by atoms with Crippen LogP contribution in [0.2, 0.25) is 0 Å². The van der Waals surface area contributed by atoms with Gasteiger partial charge in [0.15, 0.2) is 11.5 Å². The number of carbonyl (C=O) groups excluding carboxylic acids is 1. The summed E-state index contributed by atoms with van der Waals surface area (Å²) in [5, 5.41) is 8.90. The third kappa shape index (κ3) is 2.39. The van der Waals surface area contributed by atoms with Crippen LogP contribution in [0.15, 0.2) is 42.5 Å². The highest BCUT2D eigenvalue weighted by Gasteiger charge is 2.18. The minimum atomic E-state index is -0.189. The molecule has 0 N–H and O–H groups in total. The number of carbonyl (C=O) groups is 1. The summed E-state index contributed by atoms with van der Waals surface area (Å²) in [4.78, 5) is 14.0. The van der Waals surface area contributed by atoms with Crippen LogP contribution in [0.1, 0.15) is 15.9 Å². The average molecular weight is 280 g/mol. The number of benzene rings is 2. The molecule has 3 rings (SSSR count). The van der Waals surface area contributed by atoms with Gasteiger partial charge in [-0.15, -0.1) is 0 Å². The van der Waals surface area contributed by atoms with Crippen LogP contribution >= 0.6 is 0 Å². The van der Waals surface area contributed by atoms with Gasteiger partial charge in [0, 0.05) is 24.4 Å². The lowest BCUT2D eigenvalue weighted by Gasteiger charge is -2.17. The van der Waals surface area contributed by atoms with Crippen LogP contribution in [0.25, 0.3) is 0 Å². The standard InChI is InChI=1S/C16H12N2O3/c1-18(13-5-6-14-15(8-13)21-10-20-14)16(19)12-4-2-3-11(7-12)9-17/h2-8H,10H2,1H3. The number of hydrogen-bond donors (Lipinski definition) is 0. The van der Waals surface area contributed by atoms with E-state index in [4.69, 9.17) is 14.7 Å². The summed E-state index contributed by atoms with van der Waals surface area (Å²) < 4.78 is 10.6. The number of nitriles is 1. The molecule has 0 bridgehead atoms. The second-order valence-electron chi connectivity index (χ2n) is 4.59. The summed E-state index contributed by atoms with van der Waals surface area (Å²) in [6, 6.07) is 14.0. The maximum absolute atomic E-state index is 12.5. The molecule has 5 nitrogen and oxygen atoms in total. The molecule has 0 aromatic heterocycles. The summed E-state index contributed by atoms with van der Waals surface area (Å²) >= 11 is 0. The largest absolute Gasteiger partial charge is 0.454 e. The molecule has 0 fully saturated rings. The van der Waals surface area contributed by atoms with Gasteiger partial charge in [-0.25, -0.2) is 0 Å². The number of hydrogen-bond acceptors (Lipinski definition) is 4. The maximum atomic E-state index is 12.5. The van der Waals surface area contributed by atoms with E-state index in [1.165, 1.54) is 4.90 Å². The Kier molecular flexibility index (Phi) is 3.20. The Hall–Kier alpha value is -3.00. The van der Waals surface area contributed by atoms with Crippen molar-refractivity contribution in [1.29, 1.82) is 5.26 Å². The summed E-state index contributed by atoms with van der Waals surface area (Å²) in [6.07, 6.45) is 0. The van der Waals surface area contributed by atoms with Crippen LogP contribution in [-0.2, 0) is 0 Å². The summed E-state index contributed by atoms with van der Waals surface area (Å²) in [7, 11) is 1.68. The van der Waals surface area contributed by atoms with Gasteiger partial charge in [-0.05, 0) is 30.3 Å². The third-order valence-electron chi connectivity index (χ3n) is 3.29. The molecule has 1 aliphatic heterocycles. The fourth-order valence-electron chi connectivity index (χ4n) is 2.13. The van der Waals surface area contributed by atoms with Gasteiger partial charge >= 0.3 is 0 Å². The number of ether oxygens (including phenoxy) is 2. The van der Waals surface area contributed by atoms with E-state index in [0.29, 0.717) is 28.3 Å². The molecule has 2 aromatic rings. The van der Waals surface area contributed by atoms with Gasteiger partial charge in [-0.1, -0.05) is 6.07 Å². The Labute approximate surface area is 121 Å². The van der Waals surface area contributed by atoms with Crippen LogP contribution in [-0.4, -0.2) is 19.7 Å². The molecule has 0 spiro atoms. The molecule has 1 amide bonds. The number of fused-ring (bicyclic) bond motifs is 1. The average Bonchev–Trinajstić information content (AvgIpc) is 3.01. The van der Waals surface area contributed by atoms with Crippen molar-refractivity contribution in [2.45, 2.75) is 0 Å².